The summed E-state index contributed by atoms with van der Waals surface area (Å²) >= 11 is 0. The summed E-state index contributed by atoms with van der Waals surface area (Å²) in [6.07, 6.45) is 1.08. The maximum atomic E-state index is 13.1. The Morgan fingerprint density at radius 3 is 1.94 bits per heavy atom. The van der Waals surface area contributed by atoms with Crippen molar-refractivity contribution in [1.29, 1.82) is 0 Å². The van der Waals surface area contributed by atoms with Crippen molar-refractivity contribution in [2.45, 2.75) is 46.1 Å². The molecule has 174 valence electrons. The highest BCUT2D eigenvalue weighted by molar-refractivity contribution is 5.96. The Bertz CT molecular complexity index is 899. The molecule has 0 fully saturated rings. The van der Waals surface area contributed by atoms with Crippen LogP contribution < -0.4 is 25.3 Å². The number of methoxy groups -OCH3 is 2. The number of benzene rings is 2. The van der Waals surface area contributed by atoms with E-state index in [0.717, 1.165) is 12.0 Å². The SMILES string of the molecule is CCC(C)c1ccc(C(NC(=O)c2cc(OC)c(OCC(N)=O)c(OC)c2)C(C)C)cc1. The van der Waals surface area contributed by atoms with Crippen LogP contribution >= 0.6 is 0 Å². The average Bonchev–Trinajstić information content (AvgIpc) is 2.79. The summed E-state index contributed by atoms with van der Waals surface area (Å²) in [6.45, 7) is 8.17. The molecule has 2 rings (SSSR count). The van der Waals surface area contributed by atoms with E-state index < -0.39 is 5.91 Å². The molecule has 0 aliphatic rings. The largest absolute Gasteiger partial charge is 0.493 e. The molecule has 2 amide bonds. The van der Waals surface area contributed by atoms with Gasteiger partial charge < -0.3 is 25.3 Å². The first-order chi connectivity index (χ1) is 15.2. The minimum absolute atomic E-state index is 0.170. The van der Waals surface area contributed by atoms with Gasteiger partial charge in [0.1, 0.15) is 0 Å². The summed E-state index contributed by atoms with van der Waals surface area (Å²) in [5.74, 6) is 0.528. The van der Waals surface area contributed by atoms with Crippen LogP contribution in [-0.2, 0) is 4.79 Å². The van der Waals surface area contributed by atoms with E-state index in [1.807, 2.05) is 0 Å². The molecular formula is C25H34N2O5. The second-order valence-corrected chi connectivity index (χ2v) is 8.14. The van der Waals surface area contributed by atoms with E-state index in [1.165, 1.54) is 19.8 Å². The number of rotatable bonds is 11. The lowest BCUT2D eigenvalue weighted by Crippen LogP contribution is -2.31. The van der Waals surface area contributed by atoms with Gasteiger partial charge >= 0.3 is 0 Å². The van der Waals surface area contributed by atoms with Crippen LogP contribution in [-0.4, -0.2) is 32.6 Å². The van der Waals surface area contributed by atoms with Gasteiger partial charge in [-0.1, -0.05) is 52.0 Å². The lowest BCUT2D eigenvalue weighted by molar-refractivity contribution is -0.120. The minimum Gasteiger partial charge on any atom is -0.493 e. The molecule has 0 aromatic heterocycles. The molecule has 7 heteroatoms. The normalized spacial score (nSPS) is 12.7. The van der Waals surface area contributed by atoms with Gasteiger partial charge in [-0.15, -0.1) is 0 Å². The van der Waals surface area contributed by atoms with E-state index in [4.69, 9.17) is 19.9 Å². The maximum absolute atomic E-state index is 13.1. The highest BCUT2D eigenvalue weighted by Gasteiger charge is 2.23. The van der Waals surface area contributed by atoms with Crippen molar-refractivity contribution in [3.05, 3.63) is 53.1 Å². The van der Waals surface area contributed by atoms with E-state index in [-0.39, 0.29) is 41.7 Å². The topological polar surface area (TPSA) is 99.9 Å². The molecule has 7 nitrogen and oxygen atoms in total. The van der Waals surface area contributed by atoms with Crippen molar-refractivity contribution in [2.75, 3.05) is 20.8 Å². The van der Waals surface area contributed by atoms with Crippen molar-refractivity contribution >= 4 is 11.8 Å². The zero-order chi connectivity index (χ0) is 23.8. The number of hydrogen-bond acceptors (Lipinski definition) is 5. The van der Waals surface area contributed by atoms with Gasteiger partial charge in [0.15, 0.2) is 18.1 Å². The van der Waals surface area contributed by atoms with Gasteiger partial charge in [0.2, 0.25) is 5.75 Å². The third-order valence-corrected chi connectivity index (χ3v) is 5.51. The van der Waals surface area contributed by atoms with Crippen molar-refractivity contribution in [1.82, 2.24) is 5.32 Å². The first-order valence-corrected chi connectivity index (χ1v) is 10.8. The number of hydrogen-bond donors (Lipinski definition) is 2. The molecule has 2 unspecified atom stereocenters. The third-order valence-electron chi connectivity index (χ3n) is 5.51. The van der Waals surface area contributed by atoms with Crippen molar-refractivity contribution < 1.29 is 23.8 Å². The fourth-order valence-corrected chi connectivity index (χ4v) is 3.42. The van der Waals surface area contributed by atoms with E-state index in [9.17, 15) is 9.59 Å². The van der Waals surface area contributed by atoms with Gasteiger partial charge in [0, 0.05) is 5.56 Å². The summed E-state index contributed by atoms with van der Waals surface area (Å²) in [6, 6.07) is 11.3. The Kier molecular flexibility index (Phi) is 8.93. The Morgan fingerprint density at radius 1 is 0.969 bits per heavy atom. The maximum Gasteiger partial charge on any atom is 0.255 e. The van der Waals surface area contributed by atoms with Crippen LogP contribution in [0.25, 0.3) is 0 Å². The monoisotopic (exact) mass is 442 g/mol. The Hall–Kier alpha value is -3.22. The molecule has 0 saturated carbocycles. The molecule has 3 N–H and O–H groups in total. The van der Waals surface area contributed by atoms with Gasteiger partial charge in [-0.25, -0.2) is 0 Å². The summed E-state index contributed by atoms with van der Waals surface area (Å²) in [5, 5.41) is 3.12. The molecule has 0 heterocycles. The van der Waals surface area contributed by atoms with Crippen LogP contribution in [0.1, 0.15) is 67.6 Å². The second-order valence-electron chi connectivity index (χ2n) is 8.14. The van der Waals surface area contributed by atoms with Gasteiger partial charge in [0.05, 0.1) is 20.3 Å². The number of nitrogens with one attached hydrogen (secondary N) is 1. The predicted octanol–water partition coefficient (Wildman–Crippen LogP) is 4.21. The van der Waals surface area contributed by atoms with Crippen LogP contribution in [0.3, 0.4) is 0 Å². The standard InChI is InChI=1S/C25H34N2O5/c1-7-16(4)17-8-10-18(11-9-17)23(15(2)3)27-25(29)19-12-20(30-5)24(21(13-19)31-6)32-14-22(26)28/h8-13,15-16,23H,7,14H2,1-6H3,(H2,26,28)(H,27,29). The van der Waals surface area contributed by atoms with E-state index in [0.29, 0.717) is 11.5 Å². The summed E-state index contributed by atoms with van der Waals surface area (Å²) < 4.78 is 16.1. The number of carbonyl (C=O) groups is 2. The Morgan fingerprint density at radius 2 is 1.50 bits per heavy atom. The van der Waals surface area contributed by atoms with Crippen molar-refractivity contribution in [3.63, 3.8) is 0 Å². The quantitative estimate of drug-likeness (QED) is 0.543. The first-order valence-electron chi connectivity index (χ1n) is 10.8. The van der Waals surface area contributed by atoms with Gasteiger partial charge in [-0.05, 0) is 41.5 Å². The molecule has 0 aliphatic carbocycles. The highest BCUT2D eigenvalue weighted by atomic mass is 16.5. The summed E-state index contributed by atoms with van der Waals surface area (Å²) in [4.78, 5) is 24.2. The van der Waals surface area contributed by atoms with Gasteiger partial charge in [-0.2, -0.15) is 0 Å². The molecule has 2 atom stereocenters. The second kappa shape index (κ2) is 11.4. The van der Waals surface area contributed by atoms with Crippen LogP contribution in [0.5, 0.6) is 17.2 Å². The van der Waals surface area contributed by atoms with Crippen LogP contribution in [0.15, 0.2) is 36.4 Å². The zero-order valence-electron chi connectivity index (χ0n) is 19.7. The van der Waals surface area contributed by atoms with E-state index in [2.05, 4.69) is 57.3 Å². The number of nitrogens with two attached hydrogens (primary N) is 1. The van der Waals surface area contributed by atoms with Crippen molar-refractivity contribution in [2.24, 2.45) is 11.7 Å². The summed E-state index contributed by atoms with van der Waals surface area (Å²) in [7, 11) is 2.90. The molecular weight excluding hydrogens is 408 g/mol. The Balaban J connectivity index is 2.31. The molecule has 0 aliphatic heterocycles. The average molecular weight is 443 g/mol. The highest BCUT2D eigenvalue weighted by Crippen LogP contribution is 2.39. The van der Waals surface area contributed by atoms with Crippen molar-refractivity contribution in [3.8, 4) is 17.2 Å². The molecule has 0 radical (unpaired) electrons. The van der Waals surface area contributed by atoms with Gasteiger partial charge in [0.25, 0.3) is 11.8 Å². The molecule has 32 heavy (non-hydrogen) atoms. The first kappa shape index (κ1) is 25.0. The molecule has 0 saturated heterocycles. The number of ether oxygens (including phenoxy) is 3. The molecule has 0 bridgehead atoms. The van der Waals surface area contributed by atoms with E-state index in [1.54, 1.807) is 12.1 Å². The van der Waals surface area contributed by atoms with Crippen LogP contribution in [0.2, 0.25) is 0 Å². The minimum atomic E-state index is -0.630. The van der Waals surface area contributed by atoms with Crippen LogP contribution in [0, 0.1) is 5.92 Å². The zero-order valence-corrected chi connectivity index (χ0v) is 19.7. The molecule has 2 aromatic carbocycles. The predicted molar refractivity (Wildman–Crippen MR) is 124 cm³/mol. The smallest absolute Gasteiger partial charge is 0.255 e. The third kappa shape index (κ3) is 6.15. The fourth-order valence-electron chi connectivity index (χ4n) is 3.42. The fraction of sp³-hybridized carbons (Fsp3) is 0.440. The molecule has 0 spiro atoms. The van der Waals surface area contributed by atoms with E-state index >= 15 is 0 Å². The summed E-state index contributed by atoms with van der Waals surface area (Å²) in [5.41, 5.74) is 7.84. The lowest BCUT2D eigenvalue weighted by atomic mass is 9.92. The number of amides is 2. The van der Waals surface area contributed by atoms with Crippen LogP contribution in [0.4, 0.5) is 0 Å². The Labute approximate surface area is 190 Å². The lowest BCUT2D eigenvalue weighted by Gasteiger charge is -2.24. The number of primary amides is 1. The van der Waals surface area contributed by atoms with Gasteiger partial charge in [-0.3, -0.25) is 9.59 Å². The molecule has 2 aromatic rings. The number of carbonyl (C=O) groups excluding carboxylic acids is 2.